The van der Waals surface area contributed by atoms with Crippen LogP contribution in [0.25, 0.3) is 22.2 Å². The summed E-state index contributed by atoms with van der Waals surface area (Å²) in [6.07, 6.45) is 3.30. The number of hydrogen-bond donors (Lipinski definition) is 1. The quantitative estimate of drug-likeness (QED) is 0.387. The van der Waals surface area contributed by atoms with E-state index in [9.17, 15) is 4.79 Å². The van der Waals surface area contributed by atoms with Gasteiger partial charge in [-0.25, -0.2) is 9.97 Å². The van der Waals surface area contributed by atoms with E-state index in [0.717, 1.165) is 37.1 Å². The van der Waals surface area contributed by atoms with Crippen LogP contribution in [0.15, 0.2) is 95.8 Å². The Morgan fingerprint density at radius 2 is 1.47 bits per heavy atom. The van der Waals surface area contributed by atoms with Gasteiger partial charge in [-0.3, -0.25) is 4.79 Å². The molecule has 0 atom stereocenters. The molecule has 0 saturated carbocycles. The van der Waals surface area contributed by atoms with Crippen molar-refractivity contribution in [2.75, 3.05) is 41.3 Å². The number of carbonyl (C=O) groups is 1. The molecular weight excluding hydrogens is 452 g/mol. The van der Waals surface area contributed by atoms with Gasteiger partial charge in [-0.15, -0.1) is 0 Å². The molecule has 0 spiro atoms. The minimum atomic E-state index is -0.245. The van der Waals surface area contributed by atoms with Crippen molar-refractivity contribution < 1.29 is 9.32 Å². The molecule has 0 radical (unpaired) electrons. The number of fused-ring (bicyclic) bond motifs is 1. The zero-order valence-corrected chi connectivity index (χ0v) is 19.5. The van der Waals surface area contributed by atoms with Gasteiger partial charge < -0.3 is 19.6 Å². The second kappa shape index (κ2) is 9.50. The van der Waals surface area contributed by atoms with Crippen LogP contribution in [0, 0.1) is 0 Å². The number of amides is 1. The van der Waals surface area contributed by atoms with E-state index < -0.39 is 0 Å². The Morgan fingerprint density at radius 1 is 0.806 bits per heavy atom. The molecule has 0 aliphatic carbocycles. The highest BCUT2D eigenvalue weighted by Crippen LogP contribution is 2.29. The Hall–Kier alpha value is -4.72. The van der Waals surface area contributed by atoms with Gasteiger partial charge in [0.15, 0.2) is 5.76 Å². The average molecular weight is 477 g/mol. The summed E-state index contributed by atoms with van der Waals surface area (Å²) in [6.45, 7) is 3.48. The number of rotatable bonds is 5. The smallest absolute Gasteiger partial charge is 0.255 e. The van der Waals surface area contributed by atoms with Gasteiger partial charge in [0.05, 0.1) is 23.5 Å². The third kappa shape index (κ3) is 4.36. The molecule has 1 saturated heterocycles. The van der Waals surface area contributed by atoms with Gasteiger partial charge in [-0.1, -0.05) is 53.7 Å². The molecule has 1 aliphatic rings. The Kier molecular flexibility index (Phi) is 5.75. The first-order chi connectivity index (χ1) is 17.7. The zero-order valence-electron chi connectivity index (χ0n) is 19.5. The topological polar surface area (TPSA) is 87.4 Å². The molecule has 3 aromatic carbocycles. The number of carbonyl (C=O) groups excluding carboxylic acids is 1. The lowest BCUT2D eigenvalue weighted by Gasteiger charge is -2.36. The van der Waals surface area contributed by atoms with Gasteiger partial charge in [0.2, 0.25) is 5.95 Å². The maximum Gasteiger partial charge on any atom is 0.255 e. The molecule has 5 aromatic rings. The summed E-state index contributed by atoms with van der Waals surface area (Å²) in [4.78, 5) is 26.5. The molecule has 0 unspecified atom stereocenters. The lowest BCUT2D eigenvalue weighted by atomic mass is 10.1. The highest BCUT2D eigenvalue weighted by atomic mass is 16.5. The monoisotopic (exact) mass is 476 g/mol. The fraction of sp³-hybridized carbons (Fsp3) is 0.143. The Morgan fingerprint density at radius 3 is 2.19 bits per heavy atom. The number of piperazine rings is 1. The summed E-state index contributed by atoms with van der Waals surface area (Å²) in [6, 6.07) is 25.5. The standard InChI is InChI=1S/C28H24N6O2/c35-27(21-11-12-25-24(17-21)26(36-32-25)20-7-3-1-4-8-20)31-22-18-29-28(30-19-22)34-15-13-33(14-16-34)23-9-5-2-6-10-23/h1-12,17-19H,13-16H2,(H,31,35). The van der Waals surface area contributed by atoms with Crippen LogP contribution in [0.5, 0.6) is 0 Å². The molecule has 2 aromatic heterocycles. The predicted molar refractivity (Wildman–Crippen MR) is 140 cm³/mol. The van der Waals surface area contributed by atoms with E-state index in [2.05, 4.69) is 54.5 Å². The van der Waals surface area contributed by atoms with Crippen LogP contribution in [-0.2, 0) is 0 Å². The van der Waals surface area contributed by atoms with Crippen molar-refractivity contribution in [1.82, 2.24) is 15.1 Å². The molecule has 0 bridgehead atoms. The molecule has 1 aliphatic heterocycles. The van der Waals surface area contributed by atoms with Crippen LogP contribution in [-0.4, -0.2) is 47.2 Å². The number of anilines is 3. The van der Waals surface area contributed by atoms with Crippen LogP contribution in [0.3, 0.4) is 0 Å². The fourth-order valence-electron chi connectivity index (χ4n) is 4.44. The lowest BCUT2D eigenvalue weighted by molar-refractivity contribution is 0.102. The minimum absolute atomic E-state index is 0.245. The second-order valence-electron chi connectivity index (χ2n) is 8.65. The first-order valence-corrected chi connectivity index (χ1v) is 11.9. The molecule has 6 rings (SSSR count). The second-order valence-corrected chi connectivity index (χ2v) is 8.65. The molecule has 178 valence electrons. The van der Waals surface area contributed by atoms with Crippen molar-refractivity contribution in [2.45, 2.75) is 0 Å². The number of aromatic nitrogens is 3. The number of nitrogens with one attached hydrogen (secondary N) is 1. The van der Waals surface area contributed by atoms with E-state index in [-0.39, 0.29) is 5.91 Å². The third-order valence-corrected chi connectivity index (χ3v) is 6.35. The summed E-state index contributed by atoms with van der Waals surface area (Å²) in [5.74, 6) is 1.06. The average Bonchev–Trinajstić information content (AvgIpc) is 3.38. The van der Waals surface area contributed by atoms with Crippen molar-refractivity contribution in [3.63, 3.8) is 0 Å². The lowest BCUT2D eigenvalue weighted by Crippen LogP contribution is -2.47. The van der Waals surface area contributed by atoms with E-state index in [1.165, 1.54) is 5.69 Å². The normalized spacial score (nSPS) is 13.7. The first kappa shape index (κ1) is 21.8. The number of hydrogen-bond acceptors (Lipinski definition) is 7. The van der Waals surface area contributed by atoms with E-state index in [0.29, 0.717) is 28.5 Å². The SMILES string of the molecule is O=C(Nc1cnc(N2CCN(c3ccccc3)CC2)nc1)c1ccc2noc(-c3ccccc3)c2c1. The molecule has 36 heavy (non-hydrogen) atoms. The van der Waals surface area contributed by atoms with E-state index in [1.54, 1.807) is 30.6 Å². The summed E-state index contributed by atoms with van der Waals surface area (Å²) < 4.78 is 5.55. The molecule has 1 N–H and O–H groups in total. The summed E-state index contributed by atoms with van der Waals surface area (Å²) in [5.41, 5.74) is 3.89. The molecule has 8 heteroatoms. The maximum atomic E-state index is 13.0. The van der Waals surface area contributed by atoms with Gasteiger partial charge in [-0.05, 0) is 30.3 Å². The summed E-state index contributed by atoms with van der Waals surface area (Å²) in [7, 11) is 0. The Labute approximate surface area is 208 Å². The summed E-state index contributed by atoms with van der Waals surface area (Å²) in [5, 5.41) is 7.80. The van der Waals surface area contributed by atoms with Gasteiger partial charge in [0.25, 0.3) is 5.91 Å². The molecule has 1 fully saturated rings. The molecular formula is C28H24N6O2. The van der Waals surface area contributed by atoms with Gasteiger partial charge in [-0.2, -0.15) is 0 Å². The molecule has 3 heterocycles. The van der Waals surface area contributed by atoms with E-state index in [4.69, 9.17) is 4.52 Å². The van der Waals surface area contributed by atoms with Crippen LogP contribution < -0.4 is 15.1 Å². The number of para-hydroxylation sites is 1. The maximum absolute atomic E-state index is 13.0. The van der Waals surface area contributed by atoms with Crippen molar-refractivity contribution >= 4 is 34.1 Å². The molecule has 1 amide bonds. The number of benzene rings is 3. The minimum Gasteiger partial charge on any atom is -0.368 e. The van der Waals surface area contributed by atoms with Crippen molar-refractivity contribution in [1.29, 1.82) is 0 Å². The Bertz CT molecular complexity index is 1480. The fourth-order valence-corrected chi connectivity index (χ4v) is 4.44. The van der Waals surface area contributed by atoms with Crippen molar-refractivity contribution in [2.24, 2.45) is 0 Å². The van der Waals surface area contributed by atoms with Crippen LogP contribution in [0.4, 0.5) is 17.3 Å². The first-order valence-electron chi connectivity index (χ1n) is 11.9. The van der Waals surface area contributed by atoms with Crippen LogP contribution in [0.2, 0.25) is 0 Å². The van der Waals surface area contributed by atoms with Crippen molar-refractivity contribution in [3.8, 4) is 11.3 Å². The highest BCUT2D eigenvalue weighted by Gasteiger charge is 2.19. The third-order valence-electron chi connectivity index (χ3n) is 6.35. The molecule has 8 nitrogen and oxygen atoms in total. The van der Waals surface area contributed by atoms with Crippen LogP contribution in [0.1, 0.15) is 10.4 Å². The van der Waals surface area contributed by atoms with E-state index in [1.807, 2.05) is 36.4 Å². The highest BCUT2D eigenvalue weighted by molar-refractivity contribution is 6.07. The number of nitrogens with zero attached hydrogens (tertiary/aromatic N) is 5. The largest absolute Gasteiger partial charge is 0.368 e. The Balaban J connectivity index is 1.12. The zero-order chi connectivity index (χ0) is 24.3. The van der Waals surface area contributed by atoms with Gasteiger partial charge >= 0.3 is 0 Å². The van der Waals surface area contributed by atoms with Crippen LogP contribution >= 0.6 is 0 Å². The van der Waals surface area contributed by atoms with Crippen molar-refractivity contribution in [3.05, 3.63) is 96.8 Å². The van der Waals surface area contributed by atoms with Gasteiger partial charge in [0.1, 0.15) is 5.52 Å². The summed E-state index contributed by atoms with van der Waals surface area (Å²) >= 11 is 0. The predicted octanol–water partition coefficient (Wildman–Crippen LogP) is 4.86. The van der Waals surface area contributed by atoms with E-state index >= 15 is 0 Å². The van der Waals surface area contributed by atoms with Gasteiger partial charge in [0, 0.05) is 43.0 Å².